The van der Waals surface area contributed by atoms with Crippen LogP contribution < -0.4 is 0 Å². The van der Waals surface area contributed by atoms with E-state index in [1.54, 1.807) is 10.9 Å². The molecular weight excluding hydrogens is 150 g/mol. The Hall–Kier alpha value is -1.38. The van der Waals surface area contributed by atoms with Gasteiger partial charge in [0, 0.05) is 23.9 Å². The fourth-order valence-corrected chi connectivity index (χ4v) is 1.06. The average molecular weight is 161 g/mol. The van der Waals surface area contributed by atoms with Gasteiger partial charge in [0.1, 0.15) is 0 Å². The number of aliphatic imine (C=N–C) groups is 1. The molecule has 1 aliphatic heterocycles. The highest BCUT2D eigenvalue weighted by Gasteiger charge is 2.13. The predicted octanol–water partition coefficient (Wildman–Crippen LogP) is 2.10. The molecule has 1 aromatic rings. The van der Waals surface area contributed by atoms with E-state index in [2.05, 4.69) is 30.0 Å². The maximum Gasteiger partial charge on any atom is 0.154 e. The van der Waals surface area contributed by atoms with Crippen molar-refractivity contribution < 1.29 is 0 Å². The fourth-order valence-electron chi connectivity index (χ4n) is 1.06. The van der Waals surface area contributed by atoms with Crippen molar-refractivity contribution in [3.8, 4) is 0 Å². The summed E-state index contributed by atoms with van der Waals surface area (Å²) in [5, 5.41) is 4.10. The Labute approximate surface area is 71.4 Å². The van der Waals surface area contributed by atoms with Crippen LogP contribution in [-0.4, -0.2) is 16.0 Å². The zero-order valence-corrected chi connectivity index (χ0v) is 7.23. The van der Waals surface area contributed by atoms with Gasteiger partial charge in [0.05, 0.1) is 6.20 Å². The second kappa shape index (κ2) is 2.30. The van der Waals surface area contributed by atoms with Gasteiger partial charge in [-0.3, -0.25) is 0 Å². The summed E-state index contributed by atoms with van der Waals surface area (Å²) in [6.07, 6.45) is 7.71. The Bertz CT molecular complexity index is 314. The molecule has 0 radical (unpaired) electrons. The largest absolute Gasteiger partial charge is 0.241 e. The first kappa shape index (κ1) is 7.28. The molecule has 0 unspecified atom stereocenters. The van der Waals surface area contributed by atoms with E-state index in [9.17, 15) is 0 Å². The molecule has 0 spiro atoms. The van der Waals surface area contributed by atoms with Crippen LogP contribution in [0, 0.1) is 5.41 Å². The topological polar surface area (TPSA) is 30.2 Å². The van der Waals surface area contributed by atoms with Crippen molar-refractivity contribution in [3.63, 3.8) is 0 Å². The quantitative estimate of drug-likeness (QED) is 0.573. The van der Waals surface area contributed by atoms with Crippen molar-refractivity contribution in [2.24, 2.45) is 10.4 Å². The average Bonchev–Trinajstić information content (AvgIpc) is 2.40. The molecule has 0 aliphatic carbocycles. The molecule has 0 saturated heterocycles. The van der Waals surface area contributed by atoms with Crippen molar-refractivity contribution in [1.82, 2.24) is 9.78 Å². The summed E-state index contributed by atoms with van der Waals surface area (Å²) in [6, 6.07) is 1.89. The second-order valence-corrected chi connectivity index (χ2v) is 3.53. The highest BCUT2D eigenvalue weighted by atomic mass is 15.3. The first-order chi connectivity index (χ1) is 5.67. The van der Waals surface area contributed by atoms with Crippen LogP contribution in [0.4, 0.5) is 5.82 Å². The molecule has 2 heterocycles. The molecular formula is C9H11N3. The molecule has 0 bridgehead atoms. The van der Waals surface area contributed by atoms with Gasteiger partial charge in [0.25, 0.3) is 0 Å². The molecule has 1 aromatic heterocycles. The molecule has 0 saturated carbocycles. The van der Waals surface area contributed by atoms with Crippen LogP contribution in [0.1, 0.15) is 13.8 Å². The molecule has 62 valence electrons. The Morgan fingerprint density at radius 2 is 2.25 bits per heavy atom. The van der Waals surface area contributed by atoms with Gasteiger partial charge in [-0.1, -0.05) is 19.9 Å². The van der Waals surface area contributed by atoms with Gasteiger partial charge in [0.2, 0.25) is 0 Å². The summed E-state index contributed by atoms with van der Waals surface area (Å²) >= 11 is 0. The lowest BCUT2D eigenvalue weighted by Gasteiger charge is -2.10. The number of hydrogen-bond acceptors (Lipinski definition) is 2. The molecule has 3 heteroatoms. The van der Waals surface area contributed by atoms with Crippen molar-refractivity contribution in [3.05, 3.63) is 18.3 Å². The number of rotatable bonds is 0. The Balaban J connectivity index is 2.49. The first-order valence-corrected chi connectivity index (χ1v) is 3.95. The summed E-state index contributed by atoms with van der Waals surface area (Å²) in [7, 11) is 0. The zero-order valence-electron chi connectivity index (χ0n) is 7.23. The van der Waals surface area contributed by atoms with Gasteiger partial charge >= 0.3 is 0 Å². The Morgan fingerprint density at radius 3 is 3.08 bits per heavy atom. The molecule has 12 heavy (non-hydrogen) atoms. The lowest BCUT2D eigenvalue weighted by Crippen LogP contribution is -2.07. The van der Waals surface area contributed by atoms with E-state index in [-0.39, 0.29) is 5.41 Å². The van der Waals surface area contributed by atoms with Crippen LogP contribution in [0.2, 0.25) is 0 Å². The lowest BCUT2D eigenvalue weighted by atomic mass is 9.96. The van der Waals surface area contributed by atoms with E-state index in [1.165, 1.54) is 0 Å². The number of fused-ring (bicyclic) bond motifs is 1. The number of aromatic nitrogens is 2. The highest BCUT2D eigenvalue weighted by molar-refractivity contribution is 5.73. The van der Waals surface area contributed by atoms with E-state index in [1.807, 2.05) is 18.5 Å². The monoisotopic (exact) mass is 161 g/mol. The Morgan fingerprint density at radius 1 is 1.42 bits per heavy atom. The molecule has 2 rings (SSSR count). The van der Waals surface area contributed by atoms with Gasteiger partial charge in [0.15, 0.2) is 5.82 Å². The Kier molecular flexibility index (Phi) is 1.40. The van der Waals surface area contributed by atoms with Gasteiger partial charge in [-0.15, -0.1) is 0 Å². The van der Waals surface area contributed by atoms with E-state index >= 15 is 0 Å². The zero-order chi connectivity index (χ0) is 8.60. The smallest absolute Gasteiger partial charge is 0.154 e. The second-order valence-electron chi connectivity index (χ2n) is 3.53. The van der Waals surface area contributed by atoms with Crippen LogP contribution in [0.25, 0.3) is 6.20 Å². The molecule has 1 aliphatic rings. The fraction of sp³-hybridized carbons (Fsp3) is 0.333. The van der Waals surface area contributed by atoms with Crippen molar-refractivity contribution >= 4 is 18.2 Å². The predicted molar refractivity (Wildman–Crippen MR) is 49.5 cm³/mol. The summed E-state index contributed by atoms with van der Waals surface area (Å²) in [5.41, 5.74) is 0.0285. The van der Waals surface area contributed by atoms with E-state index in [4.69, 9.17) is 0 Å². The maximum absolute atomic E-state index is 4.31. The molecule has 3 nitrogen and oxygen atoms in total. The molecule has 0 N–H and O–H groups in total. The van der Waals surface area contributed by atoms with Crippen molar-refractivity contribution in [2.45, 2.75) is 13.8 Å². The number of nitrogens with zero attached hydrogens (tertiary/aromatic N) is 3. The molecule has 0 aromatic carbocycles. The standard InChI is InChI=1S/C9H11N3/c1-9(2)4-6-12-8(10-7-9)3-5-11-12/h3-7H,1-2H3. The minimum absolute atomic E-state index is 0.0285. The van der Waals surface area contributed by atoms with Crippen LogP contribution >= 0.6 is 0 Å². The normalized spacial score (nSPS) is 18.8. The van der Waals surface area contributed by atoms with Gasteiger partial charge in [-0.25, -0.2) is 9.67 Å². The van der Waals surface area contributed by atoms with Gasteiger partial charge in [-0.2, -0.15) is 5.10 Å². The van der Waals surface area contributed by atoms with Crippen LogP contribution in [-0.2, 0) is 0 Å². The van der Waals surface area contributed by atoms with E-state index in [0.29, 0.717) is 0 Å². The maximum atomic E-state index is 4.31. The molecule has 0 atom stereocenters. The van der Waals surface area contributed by atoms with E-state index in [0.717, 1.165) is 5.82 Å². The van der Waals surface area contributed by atoms with E-state index < -0.39 is 0 Å². The highest BCUT2D eigenvalue weighted by Crippen LogP contribution is 2.22. The van der Waals surface area contributed by atoms with Crippen LogP contribution in [0.5, 0.6) is 0 Å². The molecule has 0 fully saturated rings. The number of allylic oxidation sites excluding steroid dienone is 1. The summed E-state index contributed by atoms with van der Waals surface area (Å²) < 4.78 is 1.77. The third-order valence-corrected chi connectivity index (χ3v) is 1.82. The minimum Gasteiger partial charge on any atom is -0.241 e. The summed E-state index contributed by atoms with van der Waals surface area (Å²) in [6.45, 7) is 4.22. The third-order valence-electron chi connectivity index (χ3n) is 1.82. The van der Waals surface area contributed by atoms with Crippen LogP contribution in [0.15, 0.2) is 23.3 Å². The van der Waals surface area contributed by atoms with Crippen molar-refractivity contribution in [2.75, 3.05) is 0 Å². The lowest BCUT2D eigenvalue weighted by molar-refractivity contribution is 0.697. The summed E-state index contributed by atoms with van der Waals surface area (Å²) in [5.74, 6) is 0.886. The molecule has 0 amide bonds. The number of hydrogen-bond donors (Lipinski definition) is 0. The summed E-state index contributed by atoms with van der Waals surface area (Å²) in [4.78, 5) is 4.31. The SMILES string of the molecule is CC1(C)C=Cn2nccc2N=C1. The van der Waals surface area contributed by atoms with Crippen molar-refractivity contribution in [1.29, 1.82) is 0 Å². The van der Waals surface area contributed by atoms with Gasteiger partial charge < -0.3 is 0 Å². The van der Waals surface area contributed by atoms with Crippen LogP contribution in [0.3, 0.4) is 0 Å². The third kappa shape index (κ3) is 1.18. The first-order valence-electron chi connectivity index (χ1n) is 3.95. The minimum atomic E-state index is 0.0285. The van der Waals surface area contributed by atoms with Gasteiger partial charge in [-0.05, 0) is 0 Å².